The summed E-state index contributed by atoms with van der Waals surface area (Å²) < 4.78 is 47.9. The molecule has 3 aromatic heterocycles. The van der Waals surface area contributed by atoms with E-state index in [1.165, 1.54) is 39.0 Å². The highest BCUT2D eigenvalue weighted by atomic mass is 35.5. The van der Waals surface area contributed by atoms with Gasteiger partial charge in [0.15, 0.2) is 5.82 Å². The van der Waals surface area contributed by atoms with E-state index in [2.05, 4.69) is 24.9 Å². The molecule has 0 aliphatic carbocycles. The molecule has 4 rings (SSSR count). The predicted molar refractivity (Wildman–Crippen MR) is 139 cm³/mol. The number of methoxy groups -OCH3 is 3. The lowest BCUT2D eigenvalue weighted by molar-refractivity contribution is 0.0989. The summed E-state index contributed by atoms with van der Waals surface area (Å²) in [5, 5.41) is 7.79. The first-order valence-corrected chi connectivity index (χ1v) is 13.0. The summed E-state index contributed by atoms with van der Waals surface area (Å²) in [6.07, 6.45) is 3.76. The van der Waals surface area contributed by atoms with Gasteiger partial charge in [-0.15, -0.1) is 10.2 Å². The summed E-state index contributed by atoms with van der Waals surface area (Å²) in [7, 11) is 0.324. The smallest absolute Gasteiger partial charge is 0.243 e. The van der Waals surface area contributed by atoms with Gasteiger partial charge in [-0.05, 0) is 43.3 Å². The summed E-state index contributed by atoms with van der Waals surface area (Å²) in [6.45, 7) is 1.51. The van der Waals surface area contributed by atoms with Crippen molar-refractivity contribution in [2.24, 2.45) is 0 Å². The lowest BCUT2D eigenvalue weighted by Gasteiger charge is -2.23. The van der Waals surface area contributed by atoms with Crippen molar-refractivity contribution < 1.29 is 22.6 Å². The second-order valence-electron chi connectivity index (χ2n) is 7.85. The Hall–Kier alpha value is -3.74. The number of nitrogens with zero attached hydrogens (tertiary/aromatic N) is 5. The van der Waals surface area contributed by atoms with E-state index in [-0.39, 0.29) is 5.95 Å². The van der Waals surface area contributed by atoms with Gasteiger partial charge in [-0.25, -0.2) is 8.42 Å². The molecule has 1 N–H and O–H groups in total. The van der Waals surface area contributed by atoms with Crippen LogP contribution in [0.2, 0.25) is 5.02 Å². The van der Waals surface area contributed by atoms with Crippen LogP contribution in [0.3, 0.4) is 0 Å². The van der Waals surface area contributed by atoms with E-state index in [1.54, 1.807) is 54.9 Å². The van der Waals surface area contributed by atoms with Crippen LogP contribution in [0.5, 0.6) is 11.5 Å². The number of rotatable bonds is 10. The topological polar surface area (TPSA) is 130 Å². The molecule has 0 saturated heterocycles. The minimum Gasteiger partial charge on any atom is -0.494 e. The molecule has 0 spiro atoms. The van der Waals surface area contributed by atoms with Crippen LogP contribution < -0.4 is 14.2 Å². The molecule has 1 aromatic carbocycles. The molecular formula is C24H25ClN6O5S. The zero-order valence-electron chi connectivity index (χ0n) is 20.5. The van der Waals surface area contributed by atoms with Gasteiger partial charge in [0, 0.05) is 31.3 Å². The van der Waals surface area contributed by atoms with Gasteiger partial charge in [0.25, 0.3) is 0 Å². The Balaban J connectivity index is 1.83. The molecule has 13 heteroatoms. The molecule has 0 aliphatic rings. The van der Waals surface area contributed by atoms with Crippen LogP contribution in [0, 0.1) is 0 Å². The summed E-state index contributed by atoms with van der Waals surface area (Å²) in [5.41, 5.74) is 1.42. The van der Waals surface area contributed by atoms with E-state index >= 15 is 0 Å². The molecule has 11 nitrogen and oxygen atoms in total. The number of hydrogen-bond acceptors (Lipinski definition) is 9. The predicted octanol–water partition coefficient (Wildman–Crippen LogP) is 3.91. The van der Waals surface area contributed by atoms with Crippen LogP contribution in [0.4, 0.5) is 5.95 Å². The van der Waals surface area contributed by atoms with Crippen molar-refractivity contribution in [2.45, 2.75) is 18.3 Å². The summed E-state index contributed by atoms with van der Waals surface area (Å²) >= 11 is 5.94. The third kappa shape index (κ3) is 5.36. The molecule has 0 bridgehead atoms. The van der Waals surface area contributed by atoms with Crippen LogP contribution in [0.15, 0.2) is 61.1 Å². The molecule has 3 heterocycles. The average Bonchev–Trinajstić information content (AvgIpc) is 3.32. The van der Waals surface area contributed by atoms with Crippen molar-refractivity contribution in [2.75, 3.05) is 26.1 Å². The second-order valence-corrected chi connectivity index (χ2v) is 10.3. The number of benzene rings is 1. The first kappa shape index (κ1) is 26.3. The van der Waals surface area contributed by atoms with Gasteiger partial charge in [-0.2, -0.15) is 0 Å². The van der Waals surface area contributed by atoms with Crippen LogP contribution in [-0.4, -0.2) is 59.7 Å². The van der Waals surface area contributed by atoms with E-state index in [0.717, 1.165) is 0 Å². The van der Waals surface area contributed by atoms with Crippen LogP contribution >= 0.6 is 11.6 Å². The van der Waals surface area contributed by atoms with Crippen molar-refractivity contribution in [3.63, 3.8) is 0 Å². The SMILES string of the molecule is COc1cccc(OC)c1-n1c(NS(=O)(=O)[C@H](C)[C@@H](OC)c2ccc(Cl)cn2)nnc1-c1cccnc1. The van der Waals surface area contributed by atoms with Gasteiger partial charge in [0.1, 0.15) is 28.5 Å². The molecule has 0 radical (unpaired) electrons. The number of halogens is 1. The van der Waals surface area contributed by atoms with Gasteiger partial charge in [0.2, 0.25) is 16.0 Å². The zero-order chi connectivity index (χ0) is 26.6. The van der Waals surface area contributed by atoms with Gasteiger partial charge in [-0.3, -0.25) is 19.3 Å². The maximum absolute atomic E-state index is 13.6. The first-order valence-electron chi connectivity index (χ1n) is 11.0. The maximum atomic E-state index is 13.6. The number of ether oxygens (including phenoxy) is 3. The maximum Gasteiger partial charge on any atom is 0.243 e. The Labute approximate surface area is 219 Å². The van der Waals surface area contributed by atoms with E-state index in [4.69, 9.17) is 25.8 Å². The molecule has 0 fully saturated rings. The number of nitrogens with one attached hydrogen (secondary N) is 1. The summed E-state index contributed by atoms with van der Waals surface area (Å²) in [4.78, 5) is 8.37. The van der Waals surface area contributed by atoms with Crippen LogP contribution in [0.25, 0.3) is 17.1 Å². The molecule has 37 heavy (non-hydrogen) atoms. The fourth-order valence-corrected chi connectivity index (χ4v) is 5.05. The van der Waals surface area contributed by atoms with Crippen LogP contribution in [0.1, 0.15) is 18.7 Å². The van der Waals surface area contributed by atoms with Gasteiger partial charge >= 0.3 is 0 Å². The minimum absolute atomic E-state index is 0.0765. The Morgan fingerprint density at radius 2 is 1.70 bits per heavy atom. The van der Waals surface area contributed by atoms with Gasteiger partial charge in [0.05, 0.1) is 24.9 Å². The Morgan fingerprint density at radius 1 is 0.973 bits per heavy atom. The summed E-state index contributed by atoms with van der Waals surface area (Å²) in [6, 6.07) is 11.9. The lowest BCUT2D eigenvalue weighted by Crippen LogP contribution is -2.33. The number of anilines is 1. The van der Waals surface area contributed by atoms with E-state index in [9.17, 15) is 8.42 Å². The largest absolute Gasteiger partial charge is 0.494 e. The fourth-order valence-electron chi connectivity index (χ4n) is 3.79. The van der Waals surface area contributed by atoms with Crippen molar-refractivity contribution in [3.8, 4) is 28.6 Å². The Kier molecular flexibility index (Phi) is 7.91. The quantitative estimate of drug-likeness (QED) is 0.315. The normalized spacial score (nSPS) is 13.1. The van der Waals surface area contributed by atoms with Crippen molar-refractivity contribution >= 4 is 27.6 Å². The van der Waals surface area contributed by atoms with Crippen molar-refractivity contribution in [1.82, 2.24) is 24.7 Å². The highest BCUT2D eigenvalue weighted by Crippen LogP contribution is 2.38. The first-order chi connectivity index (χ1) is 17.8. The number of aromatic nitrogens is 5. The lowest BCUT2D eigenvalue weighted by atomic mass is 10.2. The second kappa shape index (κ2) is 11.1. The number of hydrogen-bond donors (Lipinski definition) is 1. The van der Waals surface area contributed by atoms with E-state index in [1.807, 2.05) is 0 Å². The third-order valence-corrected chi connectivity index (χ3v) is 7.57. The highest BCUT2D eigenvalue weighted by Gasteiger charge is 2.34. The molecular weight excluding hydrogens is 520 g/mol. The van der Waals surface area contributed by atoms with E-state index < -0.39 is 21.4 Å². The molecule has 0 amide bonds. The monoisotopic (exact) mass is 544 g/mol. The molecule has 0 aliphatic heterocycles. The van der Waals surface area contributed by atoms with Crippen LogP contribution in [-0.2, 0) is 14.8 Å². The van der Waals surface area contributed by atoms with Gasteiger partial charge < -0.3 is 14.2 Å². The fraction of sp³-hybridized carbons (Fsp3) is 0.250. The molecule has 194 valence electrons. The Morgan fingerprint density at radius 3 is 2.27 bits per heavy atom. The molecule has 2 atom stereocenters. The third-order valence-electron chi connectivity index (χ3n) is 5.65. The van der Waals surface area contributed by atoms with Crippen molar-refractivity contribution in [1.29, 1.82) is 0 Å². The average molecular weight is 545 g/mol. The number of sulfonamides is 1. The summed E-state index contributed by atoms with van der Waals surface area (Å²) in [5.74, 6) is 1.08. The highest BCUT2D eigenvalue weighted by molar-refractivity contribution is 7.93. The zero-order valence-corrected chi connectivity index (χ0v) is 22.1. The Bertz CT molecular complexity index is 1440. The van der Waals surface area contributed by atoms with Gasteiger partial charge in [-0.1, -0.05) is 17.7 Å². The molecule has 0 unspecified atom stereocenters. The standard InChI is InChI=1S/C24H25ClN6O5S/c1-15(22(36-4)18-11-10-17(25)14-27-18)37(32,33)30-24-29-28-23(16-7-6-12-26-13-16)31(24)21-19(34-2)8-5-9-20(21)35-3/h5-15,22H,1-4H3,(H,29,30)/t15-,22-/m1/s1. The van der Waals surface area contributed by atoms with E-state index in [0.29, 0.717) is 39.3 Å². The molecule has 0 saturated carbocycles. The molecule has 4 aromatic rings. The number of para-hydroxylation sites is 1. The number of pyridine rings is 2. The van der Waals surface area contributed by atoms with Crippen molar-refractivity contribution in [3.05, 3.63) is 71.8 Å². The minimum atomic E-state index is -4.09.